The van der Waals surface area contributed by atoms with Gasteiger partial charge in [-0.25, -0.2) is 5.01 Å². The molecule has 0 bridgehead atoms. The van der Waals surface area contributed by atoms with Gasteiger partial charge in [-0.2, -0.15) is 4.41 Å². The minimum atomic E-state index is -1.88. The zero-order valence-corrected chi connectivity index (χ0v) is 23.3. The lowest BCUT2D eigenvalue weighted by atomic mass is 9.96. The van der Waals surface area contributed by atoms with Gasteiger partial charge in [-0.1, -0.05) is 52.0 Å². The van der Waals surface area contributed by atoms with E-state index >= 15 is 0 Å². The normalized spacial score (nSPS) is 13.7. The van der Waals surface area contributed by atoms with E-state index in [2.05, 4.69) is 0 Å². The quantitative estimate of drug-likeness (QED) is 0.233. The molecule has 9 heteroatoms. The fraction of sp³-hybridized carbons (Fsp3) is 0.440. The summed E-state index contributed by atoms with van der Waals surface area (Å²) >= 11 is 19.1. The predicted octanol–water partition coefficient (Wildman–Crippen LogP) is 7.21. The molecule has 34 heavy (non-hydrogen) atoms. The van der Waals surface area contributed by atoms with Crippen LogP contribution in [0.3, 0.4) is 0 Å². The van der Waals surface area contributed by atoms with Gasteiger partial charge in [0, 0.05) is 23.1 Å². The summed E-state index contributed by atoms with van der Waals surface area (Å²) in [5.74, 6) is -0.0388. The van der Waals surface area contributed by atoms with E-state index in [9.17, 15) is 9.59 Å². The molecule has 1 aliphatic heterocycles. The third-order valence-corrected chi connectivity index (χ3v) is 6.79. The number of hydrazine groups is 1. The lowest BCUT2D eigenvalue weighted by Gasteiger charge is -2.43. The van der Waals surface area contributed by atoms with E-state index in [0.29, 0.717) is 29.7 Å². The second-order valence-electron chi connectivity index (χ2n) is 9.45. The molecule has 184 valence electrons. The van der Waals surface area contributed by atoms with Crippen molar-refractivity contribution in [2.45, 2.75) is 63.0 Å². The molecule has 2 aromatic carbocycles. The molecule has 0 N–H and O–H groups in total. The van der Waals surface area contributed by atoms with E-state index in [1.54, 1.807) is 24.3 Å². The average molecular weight is 544 g/mol. The Morgan fingerprint density at radius 1 is 0.971 bits per heavy atom. The van der Waals surface area contributed by atoms with Crippen LogP contribution in [0.15, 0.2) is 30.3 Å². The van der Waals surface area contributed by atoms with E-state index in [4.69, 9.17) is 39.5 Å². The van der Waals surface area contributed by atoms with E-state index in [-0.39, 0.29) is 5.91 Å². The highest BCUT2D eigenvalue weighted by atomic mass is 35.6. The van der Waals surface area contributed by atoms with Crippen LogP contribution in [-0.2, 0) is 6.42 Å². The van der Waals surface area contributed by atoms with Crippen molar-refractivity contribution in [3.05, 3.63) is 63.7 Å². The Kier molecular flexibility index (Phi) is 8.08. The number of alkyl halides is 3. The van der Waals surface area contributed by atoms with Crippen LogP contribution in [0.2, 0.25) is 0 Å². The highest BCUT2D eigenvalue weighted by Crippen LogP contribution is 2.44. The van der Waals surface area contributed by atoms with Gasteiger partial charge < -0.3 is 4.74 Å². The van der Waals surface area contributed by atoms with Gasteiger partial charge in [0.25, 0.3) is 14.9 Å². The largest absolute Gasteiger partial charge is 0.493 e. The zero-order chi connectivity index (χ0) is 25.4. The van der Waals surface area contributed by atoms with Gasteiger partial charge in [-0.3, -0.25) is 9.59 Å². The molecule has 0 saturated heterocycles. The summed E-state index contributed by atoms with van der Waals surface area (Å²) in [6.07, 6.45) is 1.68. The SMILES string of the molecule is Cc1cc(C)cc(C(=O)N(N(SC(Cl)(Cl)Cl)C(=O)c2ccc3c(c2C)CCCO3)C(C)(C)C)c1. The third-order valence-electron chi connectivity index (χ3n) is 5.46. The monoisotopic (exact) mass is 542 g/mol. The third kappa shape index (κ3) is 6.14. The number of carbonyl (C=O) groups excluding carboxylic acids is 2. The Bertz CT molecular complexity index is 1090. The van der Waals surface area contributed by atoms with Gasteiger partial charge in [0.1, 0.15) is 5.75 Å². The molecule has 0 spiro atoms. The Morgan fingerprint density at radius 3 is 2.15 bits per heavy atom. The second kappa shape index (κ2) is 10.2. The van der Waals surface area contributed by atoms with Crippen molar-refractivity contribution < 1.29 is 14.3 Å². The molecular formula is C25H29Cl3N2O3S. The first kappa shape index (κ1) is 27.0. The van der Waals surface area contributed by atoms with Crippen LogP contribution >= 0.6 is 46.8 Å². The van der Waals surface area contributed by atoms with Gasteiger partial charge in [0.2, 0.25) is 0 Å². The summed E-state index contributed by atoms with van der Waals surface area (Å²) in [4.78, 5) is 27.8. The summed E-state index contributed by atoms with van der Waals surface area (Å²) in [6, 6.07) is 9.06. The average Bonchev–Trinajstić information content (AvgIpc) is 2.70. The number of aryl methyl sites for hydroxylation is 2. The van der Waals surface area contributed by atoms with Crippen LogP contribution in [0, 0.1) is 20.8 Å². The number of amides is 2. The molecule has 0 atom stereocenters. The Hall–Kier alpha value is -1.60. The molecule has 1 aliphatic rings. The van der Waals surface area contributed by atoms with Crippen molar-refractivity contribution in [3.63, 3.8) is 0 Å². The lowest BCUT2D eigenvalue weighted by Crippen LogP contribution is -2.56. The summed E-state index contributed by atoms with van der Waals surface area (Å²) in [5.41, 5.74) is 3.73. The first-order valence-electron chi connectivity index (χ1n) is 11.0. The van der Waals surface area contributed by atoms with Crippen molar-refractivity contribution in [1.82, 2.24) is 9.42 Å². The molecule has 0 saturated carbocycles. The maximum absolute atomic E-state index is 14.0. The van der Waals surface area contributed by atoms with Crippen LogP contribution in [0.5, 0.6) is 5.75 Å². The molecule has 2 amide bonds. The van der Waals surface area contributed by atoms with Crippen molar-refractivity contribution >= 4 is 58.6 Å². The van der Waals surface area contributed by atoms with Crippen LogP contribution in [0.1, 0.15) is 70.2 Å². The summed E-state index contributed by atoms with van der Waals surface area (Å²) in [5, 5.41) is 1.37. The predicted molar refractivity (Wildman–Crippen MR) is 141 cm³/mol. The number of benzene rings is 2. The molecular weight excluding hydrogens is 515 g/mol. The van der Waals surface area contributed by atoms with Crippen LogP contribution in [-0.4, -0.2) is 36.5 Å². The number of halogens is 3. The first-order valence-corrected chi connectivity index (χ1v) is 12.9. The Morgan fingerprint density at radius 2 is 1.59 bits per heavy atom. The minimum absolute atomic E-state index is 0.367. The van der Waals surface area contributed by atoms with E-state index in [1.807, 2.05) is 47.6 Å². The molecule has 0 aromatic heterocycles. The van der Waals surface area contributed by atoms with Gasteiger partial charge in [-0.15, -0.1) is 0 Å². The Labute approximate surface area is 220 Å². The van der Waals surface area contributed by atoms with Crippen molar-refractivity contribution in [3.8, 4) is 5.75 Å². The summed E-state index contributed by atoms with van der Waals surface area (Å²) in [7, 11) is 0. The highest BCUT2D eigenvalue weighted by molar-refractivity contribution is 8.03. The zero-order valence-electron chi connectivity index (χ0n) is 20.2. The van der Waals surface area contributed by atoms with E-state index < -0.39 is 14.6 Å². The molecule has 1 heterocycles. The van der Waals surface area contributed by atoms with Crippen molar-refractivity contribution in [1.29, 1.82) is 0 Å². The maximum atomic E-state index is 14.0. The first-order chi connectivity index (χ1) is 15.7. The standard InChI is InChI=1S/C25H29Cl3N2O3S/c1-15-12-16(2)14-18(13-15)22(31)29(24(4,5)6)30(34-25(26,27)28)23(32)20-9-10-21-19(17(20)3)8-7-11-33-21/h9-10,12-14H,7-8,11H2,1-6H3. The maximum Gasteiger partial charge on any atom is 0.283 e. The lowest BCUT2D eigenvalue weighted by molar-refractivity contribution is -0.000195. The van der Waals surface area contributed by atoms with Crippen LogP contribution < -0.4 is 4.74 Å². The number of hydrogen-bond donors (Lipinski definition) is 0. The van der Waals surface area contributed by atoms with E-state index in [1.165, 1.54) is 9.42 Å². The van der Waals surface area contributed by atoms with Gasteiger partial charge in [0.05, 0.1) is 12.1 Å². The molecule has 0 fully saturated rings. The summed E-state index contributed by atoms with van der Waals surface area (Å²) in [6.45, 7) is 11.9. The molecule has 0 aliphatic carbocycles. The Balaban J connectivity index is 2.13. The van der Waals surface area contributed by atoms with Crippen molar-refractivity contribution in [2.75, 3.05) is 6.61 Å². The molecule has 0 unspecified atom stereocenters. The summed E-state index contributed by atoms with van der Waals surface area (Å²) < 4.78 is 5.05. The number of hydrogen-bond acceptors (Lipinski definition) is 4. The topological polar surface area (TPSA) is 49.9 Å². The van der Waals surface area contributed by atoms with Gasteiger partial charge in [0.15, 0.2) is 0 Å². The van der Waals surface area contributed by atoms with Crippen LogP contribution in [0.4, 0.5) is 0 Å². The highest BCUT2D eigenvalue weighted by Gasteiger charge is 2.41. The minimum Gasteiger partial charge on any atom is -0.493 e. The number of rotatable bonds is 3. The fourth-order valence-electron chi connectivity index (χ4n) is 4.09. The van der Waals surface area contributed by atoms with Gasteiger partial charge in [-0.05, 0) is 89.8 Å². The molecule has 0 radical (unpaired) electrons. The van der Waals surface area contributed by atoms with Gasteiger partial charge >= 0.3 is 0 Å². The fourth-order valence-corrected chi connectivity index (χ4v) is 5.46. The van der Waals surface area contributed by atoms with Crippen molar-refractivity contribution in [2.24, 2.45) is 0 Å². The van der Waals surface area contributed by atoms with Crippen LogP contribution in [0.25, 0.3) is 0 Å². The number of fused-ring (bicyclic) bond motifs is 1. The number of carbonyl (C=O) groups is 2. The molecule has 2 aromatic rings. The molecule has 3 rings (SSSR count). The number of ether oxygens (including phenoxy) is 1. The molecule has 5 nitrogen and oxygen atoms in total. The second-order valence-corrected chi connectivity index (χ2v) is 13.5. The number of nitrogens with zero attached hydrogens (tertiary/aromatic N) is 2. The van der Waals surface area contributed by atoms with E-state index in [0.717, 1.165) is 40.8 Å². The smallest absolute Gasteiger partial charge is 0.283 e.